The normalized spacial score (nSPS) is 10.5. The van der Waals surface area contributed by atoms with E-state index >= 15 is 0 Å². The molecule has 0 unspecified atom stereocenters. The molecule has 1 heterocycles. The minimum absolute atomic E-state index is 0.290. The van der Waals surface area contributed by atoms with E-state index in [0.717, 1.165) is 14.6 Å². The fourth-order valence-electron chi connectivity index (χ4n) is 1.64. The highest BCUT2D eigenvalue weighted by molar-refractivity contribution is 9.10. The lowest BCUT2D eigenvalue weighted by Crippen LogP contribution is -2.34. The van der Waals surface area contributed by atoms with Gasteiger partial charge in [-0.15, -0.1) is 0 Å². The molecular formula is C12H11BrN2O2. The SMILES string of the molecule is CCn1c(=O)cc(-c2ccccc2Br)[nH]c1=O. The molecule has 0 fully saturated rings. The first-order chi connectivity index (χ1) is 8.13. The Balaban J connectivity index is 2.67. The van der Waals surface area contributed by atoms with Gasteiger partial charge in [0.2, 0.25) is 0 Å². The number of rotatable bonds is 2. The Morgan fingerprint density at radius 2 is 2.00 bits per heavy atom. The summed E-state index contributed by atoms with van der Waals surface area (Å²) in [5.74, 6) is 0. The smallest absolute Gasteiger partial charge is 0.307 e. The molecule has 0 aliphatic rings. The van der Waals surface area contributed by atoms with Gasteiger partial charge in [0, 0.05) is 22.6 Å². The number of hydrogen-bond acceptors (Lipinski definition) is 2. The lowest BCUT2D eigenvalue weighted by atomic mass is 10.1. The Hall–Kier alpha value is -1.62. The van der Waals surface area contributed by atoms with E-state index in [1.807, 2.05) is 24.3 Å². The molecule has 0 aliphatic carbocycles. The highest BCUT2D eigenvalue weighted by Gasteiger charge is 2.06. The van der Waals surface area contributed by atoms with Crippen LogP contribution in [0.5, 0.6) is 0 Å². The van der Waals surface area contributed by atoms with Gasteiger partial charge >= 0.3 is 5.69 Å². The largest absolute Gasteiger partial charge is 0.328 e. The van der Waals surface area contributed by atoms with Crippen LogP contribution in [0.3, 0.4) is 0 Å². The van der Waals surface area contributed by atoms with Gasteiger partial charge in [-0.05, 0) is 13.0 Å². The first-order valence-corrected chi connectivity index (χ1v) is 6.02. The summed E-state index contributed by atoms with van der Waals surface area (Å²) in [5.41, 5.74) is 0.648. The van der Waals surface area contributed by atoms with Gasteiger partial charge < -0.3 is 4.98 Å². The number of H-pyrrole nitrogens is 1. The van der Waals surface area contributed by atoms with Gasteiger partial charge in [0.25, 0.3) is 5.56 Å². The zero-order valence-electron chi connectivity index (χ0n) is 9.24. The predicted octanol–water partition coefficient (Wildman–Crippen LogP) is 1.99. The average Bonchev–Trinajstić information content (AvgIpc) is 2.29. The molecule has 1 aromatic carbocycles. The first kappa shape index (κ1) is 11.9. The summed E-state index contributed by atoms with van der Waals surface area (Å²) in [4.78, 5) is 26.1. The van der Waals surface area contributed by atoms with Crippen LogP contribution in [-0.4, -0.2) is 9.55 Å². The van der Waals surface area contributed by atoms with Crippen LogP contribution >= 0.6 is 15.9 Å². The van der Waals surface area contributed by atoms with E-state index in [1.54, 1.807) is 6.92 Å². The average molecular weight is 295 g/mol. The molecule has 0 amide bonds. The lowest BCUT2D eigenvalue weighted by molar-refractivity contribution is 0.674. The maximum atomic E-state index is 11.7. The number of nitrogens with zero attached hydrogens (tertiary/aromatic N) is 1. The van der Waals surface area contributed by atoms with Gasteiger partial charge in [-0.25, -0.2) is 4.79 Å². The Bertz CT molecular complexity index is 627. The topological polar surface area (TPSA) is 54.9 Å². The van der Waals surface area contributed by atoms with Crippen LogP contribution in [0.1, 0.15) is 6.92 Å². The maximum absolute atomic E-state index is 11.7. The van der Waals surface area contributed by atoms with Crippen LogP contribution in [0, 0.1) is 0 Å². The van der Waals surface area contributed by atoms with E-state index in [9.17, 15) is 9.59 Å². The zero-order valence-corrected chi connectivity index (χ0v) is 10.8. The minimum atomic E-state index is -0.384. The van der Waals surface area contributed by atoms with E-state index in [2.05, 4.69) is 20.9 Å². The molecule has 0 radical (unpaired) electrons. The van der Waals surface area contributed by atoms with Crippen molar-refractivity contribution in [3.63, 3.8) is 0 Å². The third kappa shape index (κ3) is 2.24. The van der Waals surface area contributed by atoms with Crippen LogP contribution < -0.4 is 11.2 Å². The molecule has 1 N–H and O–H groups in total. The van der Waals surface area contributed by atoms with Gasteiger partial charge in [-0.3, -0.25) is 9.36 Å². The molecule has 2 rings (SSSR count). The standard InChI is InChI=1S/C12H11BrN2O2/c1-2-15-11(16)7-10(14-12(15)17)8-5-3-4-6-9(8)13/h3-7H,2H2,1H3,(H,14,17). The molecule has 0 bridgehead atoms. The fraction of sp³-hybridized carbons (Fsp3) is 0.167. The summed E-state index contributed by atoms with van der Waals surface area (Å²) in [5, 5.41) is 0. The summed E-state index contributed by atoms with van der Waals surface area (Å²) >= 11 is 3.39. The monoisotopic (exact) mass is 294 g/mol. The summed E-state index contributed by atoms with van der Waals surface area (Å²) in [6.45, 7) is 2.12. The number of nitrogens with one attached hydrogen (secondary N) is 1. The Kier molecular flexibility index (Phi) is 3.28. The van der Waals surface area contributed by atoms with Crippen molar-refractivity contribution >= 4 is 15.9 Å². The Morgan fingerprint density at radius 1 is 1.29 bits per heavy atom. The quantitative estimate of drug-likeness (QED) is 0.921. The first-order valence-electron chi connectivity index (χ1n) is 5.22. The van der Waals surface area contributed by atoms with Crippen molar-refractivity contribution in [2.45, 2.75) is 13.5 Å². The van der Waals surface area contributed by atoms with Crippen molar-refractivity contribution in [2.24, 2.45) is 0 Å². The summed E-state index contributed by atoms with van der Waals surface area (Å²) < 4.78 is 1.99. The highest BCUT2D eigenvalue weighted by atomic mass is 79.9. The van der Waals surface area contributed by atoms with E-state index in [0.29, 0.717) is 12.2 Å². The molecule has 0 saturated carbocycles. The number of aromatic amines is 1. The molecule has 1 aromatic heterocycles. The summed E-state index contributed by atoms with van der Waals surface area (Å²) in [7, 11) is 0. The number of halogens is 1. The fourth-order valence-corrected chi connectivity index (χ4v) is 2.14. The molecule has 0 saturated heterocycles. The molecule has 4 nitrogen and oxygen atoms in total. The van der Waals surface area contributed by atoms with E-state index in [4.69, 9.17) is 0 Å². The molecule has 0 aliphatic heterocycles. The van der Waals surface area contributed by atoms with E-state index in [1.165, 1.54) is 6.07 Å². The molecule has 5 heteroatoms. The third-order valence-electron chi connectivity index (χ3n) is 2.50. The maximum Gasteiger partial charge on any atom is 0.328 e. The summed E-state index contributed by atoms with van der Waals surface area (Å²) in [6, 6.07) is 8.86. The summed E-state index contributed by atoms with van der Waals surface area (Å²) in [6.07, 6.45) is 0. The van der Waals surface area contributed by atoms with Crippen molar-refractivity contribution in [1.82, 2.24) is 9.55 Å². The minimum Gasteiger partial charge on any atom is -0.307 e. The third-order valence-corrected chi connectivity index (χ3v) is 3.19. The van der Waals surface area contributed by atoms with Gasteiger partial charge in [0.15, 0.2) is 0 Å². The Morgan fingerprint density at radius 3 is 2.59 bits per heavy atom. The predicted molar refractivity (Wildman–Crippen MR) is 70.1 cm³/mol. The number of hydrogen-bond donors (Lipinski definition) is 1. The number of aromatic nitrogens is 2. The molecule has 0 spiro atoms. The molecular weight excluding hydrogens is 284 g/mol. The van der Waals surface area contributed by atoms with Crippen LogP contribution in [0.4, 0.5) is 0 Å². The van der Waals surface area contributed by atoms with Gasteiger partial charge in [-0.1, -0.05) is 34.1 Å². The van der Waals surface area contributed by atoms with Crippen LogP contribution in [-0.2, 0) is 6.54 Å². The molecule has 88 valence electrons. The molecule has 17 heavy (non-hydrogen) atoms. The van der Waals surface area contributed by atoms with Crippen LogP contribution in [0.15, 0.2) is 44.4 Å². The van der Waals surface area contributed by atoms with Crippen molar-refractivity contribution < 1.29 is 0 Å². The second-order valence-corrected chi connectivity index (χ2v) is 4.40. The van der Waals surface area contributed by atoms with Crippen molar-refractivity contribution in [1.29, 1.82) is 0 Å². The second kappa shape index (κ2) is 4.71. The van der Waals surface area contributed by atoms with Crippen LogP contribution in [0.25, 0.3) is 11.3 Å². The van der Waals surface area contributed by atoms with E-state index in [-0.39, 0.29) is 11.2 Å². The van der Waals surface area contributed by atoms with Crippen molar-refractivity contribution in [2.75, 3.05) is 0 Å². The molecule has 2 aromatic rings. The number of benzene rings is 1. The highest BCUT2D eigenvalue weighted by Crippen LogP contribution is 2.24. The van der Waals surface area contributed by atoms with Crippen molar-refractivity contribution in [3.8, 4) is 11.3 Å². The van der Waals surface area contributed by atoms with Gasteiger partial charge in [-0.2, -0.15) is 0 Å². The second-order valence-electron chi connectivity index (χ2n) is 3.55. The molecule has 0 atom stereocenters. The lowest BCUT2D eigenvalue weighted by Gasteiger charge is -2.06. The zero-order chi connectivity index (χ0) is 12.4. The van der Waals surface area contributed by atoms with Gasteiger partial charge in [0.05, 0.1) is 5.69 Å². The van der Waals surface area contributed by atoms with Gasteiger partial charge in [0.1, 0.15) is 0 Å². The van der Waals surface area contributed by atoms with E-state index < -0.39 is 0 Å². The Labute approximate surface area is 106 Å². The van der Waals surface area contributed by atoms with Crippen molar-refractivity contribution in [3.05, 3.63) is 55.6 Å². The van der Waals surface area contributed by atoms with Crippen LogP contribution in [0.2, 0.25) is 0 Å².